The summed E-state index contributed by atoms with van der Waals surface area (Å²) in [6.07, 6.45) is 0. The molecule has 0 atom stereocenters. The van der Waals surface area contributed by atoms with Crippen LogP contribution in [0.2, 0.25) is 0 Å². The predicted molar refractivity (Wildman–Crippen MR) is 214 cm³/mol. The van der Waals surface area contributed by atoms with Gasteiger partial charge < -0.3 is 0 Å². The largest absolute Gasteiger partial charge is 0.0622 e. The van der Waals surface area contributed by atoms with Crippen LogP contribution in [0.1, 0.15) is 0 Å². The van der Waals surface area contributed by atoms with Gasteiger partial charge in [0.1, 0.15) is 0 Å². The molecule has 0 spiro atoms. The van der Waals surface area contributed by atoms with Crippen LogP contribution in [0.25, 0.3) is 99.1 Å². The van der Waals surface area contributed by atoms with Crippen molar-refractivity contribution in [2.75, 3.05) is 0 Å². The molecule has 0 aliphatic heterocycles. The van der Waals surface area contributed by atoms with Gasteiger partial charge in [-0.05, 0) is 111 Å². The molecule has 0 fully saturated rings. The molecule has 0 unspecified atom stereocenters. The van der Waals surface area contributed by atoms with E-state index in [2.05, 4.69) is 194 Å². The Bertz CT molecular complexity index is 2570. The minimum Gasteiger partial charge on any atom is -0.0622 e. The third kappa shape index (κ3) is 4.32. The third-order valence-corrected chi connectivity index (χ3v) is 10.4. The lowest BCUT2D eigenvalue weighted by Crippen LogP contribution is -1.98. The first-order valence-electron chi connectivity index (χ1n) is 17.4. The fourth-order valence-electron chi connectivity index (χ4n) is 8.37. The van der Waals surface area contributed by atoms with E-state index in [0.29, 0.717) is 0 Å². The van der Waals surface area contributed by atoms with Crippen LogP contribution in [-0.2, 0) is 0 Å². The Labute approximate surface area is 292 Å². The minimum atomic E-state index is 1.21. The van der Waals surface area contributed by atoms with Crippen LogP contribution < -0.4 is 0 Å². The molecular weight excluding hydrogens is 601 g/mol. The summed E-state index contributed by atoms with van der Waals surface area (Å²) in [7, 11) is 0. The Morgan fingerprint density at radius 1 is 0.200 bits per heavy atom. The van der Waals surface area contributed by atoms with E-state index in [-0.39, 0.29) is 0 Å². The third-order valence-electron chi connectivity index (χ3n) is 10.4. The first-order valence-corrected chi connectivity index (χ1v) is 17.4. The maximum Gasteiger partial charge on any atom is -0.000696 e. The summed E-state index contributed by atoms with van der Waals surface area (Å²) in [6, 6.07) is 71.2. The maximum atomic E-state index is 2.45. The molecule has 0 amide bonds. The predicted octanol–water partition coefficient (Wildman–Crippen LogP) is 14.0. The highest BCUT2D eigenvalue weighted by Crippen LogP contribution is 2.57. The average molecular weight is 633 g/mol. The Kier molecular flexibility index (Phi) is 6.60. The van der Waals surface area contributed by atoms with Crippen molar-refractivity contribution in [2.45, 2.75) is 0 Å². The Morgan fingerprint density at radius 2 is 0.460 bits per heavy atom. The molecule has 0 aromatic heterocycles. The van der Waals surface area contributed by atoms with Crippen molar-refractivity contribution in [3.05, 3.63) is 194 Å². The minimum absolute atomic E-state index is 1.21. The van der Waals surface area contributed by atoms with E-state index >= 15 is 0 Å². The van der Waals surface area contributed by atoms with E-state index in [4.69, 9.17) is 0 Å². The lowest BCUT2D eigenvalue weighted by Gasteiger charge is -2.25. The van der Waals surface area contributed by atoms with Gasteiger partial charge in [-0.1, -0.05) is 182 Å². The molecule has 232 valence electrons. The molecule has 0 nitrogen and oxygen atoms in total. The van der Waals surface area contributed by atoms with E-state index in [0.717, 1.165) is 0 Å². The number of hydrogen-bond acceptors (Lipinski definition) is 0. The lowest BCUT2D eigenvalue weighted by atomic mass is 9.77. The molecule has 4 aliphatic carbocycles. The van der Waals surface area contributed by atoms with Crippen molar-refractivity contribution in [1.29, 1.82) is 0 Å². The standard InChI is InChI=1S/C50H32/c1-7-19-33(20-8-1)43-44(34-21-9-2-10-22-34)46(36-25-13-4-14-26-36)50-42-32-38-28-16-6-18-30-40(38)48(42)47-39-29-17-5-15-27-37(39)31-41(47)49(50)45(43)35-23-11-3-12-24-35/h1-32H. The summed E-state index contributed by atoms with van der Waals surface area (Å²) in [5.41, 5.74) is 15.0. The van der Waals surface area contributed by atoms with Gasteiger partial charge in [-0.15, -0.1) is 0 Å². The summed E-state index contributed by atoms with van der Waals surface area (Å²) in [4.78, 5) is 0. The van der Waals surface area contributed by atoms with Gasteiger partial charge in [-0.3, -0.25) is 0 Å². The van der Waals surface area contributed by atoms with Crippen LogP contribution in [-0.4, -0.2) is 0 Å². The van der Waals surface area contributed by atoms with E-state index in [1.165, 1.54) is 99.1 Å². The molecule has 0 heteroatoms. The van der Waals surface area contributed by atoms with Gasteiger partial charge in [-0.2, -0.15) is 0 Å². The van der Waals surface area contributed by atoms with E-state index in [1.807, 2.05) is 0 Å². The molecule has 10 rings (SSSR count). The van der Waals surface area contributed by atoms with Crippen LogP contribution in [0.3, 0.4) is 0 Å². The second-order valence-electron chi connectivity index (χ2n) is 13.1. The summed E-state index contributed by atoms with van der Waals surface area (Å²) < 4.78 is 0. The van der Waals surface area contributed by atoms with E-state index in [9.17, 15) is 0 Å². The molecule has 0 radical (unpaired) electrons. The summed E-state index contributed by atoms with van der Waals surface area (Å²) in [5, 5.41) is 7.83. The average Bonchev–Trinajstić information content (AvgIpc) is 3.49. The second kappa shape index (κ2) is 11.6. The van der Waals surface area contributed by atoms with Gasteiger partial charge in [-0.25, -0.2) is 0 Å². The van der Waals surface area contributed by atoms with Crippen LogP contribution >= 0.6 is 0 Å². The van der Waals surface area contributed by atoms with Crippen molar-refractivity contribution in [2.24, 2.45) is 0 Å². The van der Waals surface area contributed by atoms with Gasteiger partial charge in [0.05, 0.1) is 0 Å². The monoisotopic (exact) mass is 632 g/mol. The number of fused-ring (bicyclic) bond motifs is 10. The smallest absolute Gasteiger partial charge is 0.000696 e. The highest BCUT2D eigenvalue weighted by Gasteiger charge is 2.30. The number of rotatable bonds is 4. The summed E-state index contributed by atoms with van der Waals surface area (Å²) in [5.74, 6) is 0. The molecule has 0 saturated carbocycles. The van der Waals surface area contributed by atoms with Crippen molar-refractivity contribution in [3.8, 4) is 66.8 Å². The zero-order valence-corrected chi connectivity index (χ0v) is 27.5. The van der Waals surface area contributed by atoms with Crippen molar-refractivity contribution >= 4 is 32.3 Å². The fourth-order valence-corrected chi connectivity index (χ4v) is 8.37. The van der Waals surface area contributed by atoms with Crippen LogP contribution in [0.5, 0.6) is 0 Å². The lowest BCUT2D eigenvalue weighted by molar-refractivity contribution is 1.58. The number of benzene rings is 6. The first kappa shape index (κ1) is 28.5. The molecule has 0 N–H and O–H groups in total. The fraction of sp³-hybridized carbons (Fsp3) is 0. The molecule has 0 saturated heterocycles. The maximum absolute atomic E-state index is 2.45. The molecule has 0 bridgehead atoms. The van der Waals surface area contributed by atoms with Crippen LogP contribution in [0.4, 0.5) is 0 Å². The van der Waals surface area contributed by atoms with Crippen molar-refractivity contribution in [3.63, 3.8) is 0 Å². The Balaban J connectivity index is 1.61. The summed E-state index contributed by atoms with van der Waals surface area (Å²) in [6.45, 7) is 0. The van der Waals surface area contributed by atoms with Gasteiger partial charge in [0.25, 0.3) is 0 Å². The Hall–Kier alpha value is -6.50. The van der Waals surface area contributed by atoms with Gasteiger partial charge in [0, 0.05) is 0 Å². The van der Waals surface area contributed by atoms with Crippen molar-refractivity contribution in [1.82, 2.24) is 0 Å². The topological polar surface area (TPSA) is 0 Å². The van der Waals surface area contributed by atoms with Crippen LogP contribution in [0, 0.1) is 0 Å². The van der Waals surface area contributed by atoms with E-state index < -0.39 is 0 Å². The molecule has 6 aromatic carbocycles. The first-order chi connectivity index (χ1) is 24.9. The molecule has 4 aliphatic rings. The molecular formula is C50H32. The van der Waals surface area contributed by atoms with Crippen LogP contribution in [0.15, 0.2) is 194 Å². The zero-order chi connectivity index (χ0) is 33.0. The molecule has 0 heterocycles. The normalized spacial score (nSPS) is 11.6. The second-order valence-corrected chi connectivity index (χ2v) is 13.1. The van der Waals surface area contributed by atoms with E-state index in [1.54, 1.807) is 0 Å². The zero-order valence-electron chi connectivity index (χ0n) is 27.5. The van der Waals surface area contributed by atoms with Crippen molar-refractivity contribution < 1.29 is 0 Å². The van der Waals surface area contributed by atoms with Gasteiger partial charge >= 0.3 is 0 Å². The molecule has 50 heavy (non-hydrogen) atoms. The highest BCUT2D eigenvalue weighted by atomic mass is 14.3. The Morgan fingerprint density at radius 3 is 0.780 bits per heavy atom. The SMILES string of the molecule is c1ccc(-c2c(-c3ccccc3)c(-c3ccccc3)c3c4cc5cccccc-5c4c4c5cccccc-5cc4c3c2-c2ccccc2)cc1. The molecule has 6 aromatic rings. The highest BCUT2D eigenvalue weighted by molar-refractivity contribution is 6.40. The van der Waals surface area contributed by atoms with Gasteiger partial charge in [0.2, 0.25) is 0 Å². The van der Waals surface area contributed by atoms with Gasteiger partial charge in [0.15, 0.2) is 0 Å². The summed E-state index contributed by atoms with van der Waals surface area (Å²) >= 11 is 0. The number of hydrogen-bond donors (Lipinski definition) is 0. The quantitative estimate of drug-likeness (QED) is 0.181.